The van der Waals surface area contributed by atoms with Gasteiger partial charge in [-0.05, 0) is 12.8 Å². The number of rotatable bonds is 11. The molecule has 0 radical (unpaired) electrons. The number of aliphatic carboxylic acids is 1. The molecule has 4 amide bonds. The first-order chi connectivity index (χ1) is 12.4. The summed E-state index contributed by atoms with van der Waals surface area (Å²) < 4.78 is 0. The zero-order chi connectivity index (χ0) is 21.3. The molecule has 0 aromatic rings. The molecule has 9 N–H and O–H groups in total. The quantitative estimate of drug-likeness (QED) is 0.187. The van der Waals surface area contributed by atoms with Gasteiger partial charge in [-0.1, -0.05) is 13.8 Å². The maximum Gasteiger partial charge on any atom is 0.322 e. The van der Waals surface area contributed by atoms with Gasteiger partial charge >= 0.3 is 5.97 Å². The molecule has 0 aromatic heterocycles. The van der Waals surface area contributed by atoms with Crippen LogP contribution >= 0.6 is 0 Å². The third-order valence-electron chi connectivity index (χ3n) is 3.48. The summed E-state index contributed by atoms with van der Waals surface area (Å²) in [5, 5.41) is 25.1. The van der Waals surface area contributed by atoms with Crippen LogP contribution in [-0.2, 0) is 24.0 Å². The van der Waals surface area contributed by atoms with Crippen LogP contribution in [0.3, 0.4) is 0 Å². The summed E-state index contributed by atoms with van der Waals surface area (Å²) in [5.41, 5.74) is 10.4. The van der Waals surface area contributed by atoms with E-state index in [-0.39, 0.29) is 0 Å². The Hall–Kier alpha value is -2.73. The van der Waals surface area contributed by atoms with Crippen LogP contribution < -0.4 is 27.4 Å². The van der Waals surface area contributed by atoms with Crippen molar-refractivity contribution in [3.8, 4) is 0 Å². The highest BCUT2D eigenvalue weighted by Crippen LogP contribution is 2.04. The molecule has 0 aromatic carbocycles. The standard InChI is InChI=1S/C15H27N5O7/c1-6(2)11(14(26)18-5-10(23)24)19-15(27)12(7(3)21)20-13(25)8(16)4-9(17)22/h6-8,11-12,21H,4-5,16H2,1-3H3,(H2,17,22)(H,18,26)(H,19,27)(H,20,25)(H,23,24). The second kappa shape index (κ2) is 11.1. The minimum atomic E-state index is -1.45. The van der Waals surface area contributed by atoms with Crippen LogP contribution in [-0.4, -0.2) is 70.6 Å². The maximum atomic E-state index is 12.4. The molecular weight excluding hydrogens is 362 g/mol. The molecule has 27 heavy (non-hydrogen) atoms. The molecule has 0 heterocycles. The van der Waals surface area contributed by atoms with Gasteiger partial charge in [-0.3, -0.25) is 24.0 Å². The summed E-state index contributed by atoms with van der Waals surface area (Å²) in [7, 11) is 0. The van der Waals surface area contributed by atoms with E-state index in [9.17, 15) is 29.1 Å². The van der Waals surface area contributed by atoms with Crippen LogP contribution in [0.25, 0.3) is 0 Å². The van der Waals surface area contributed by atoms with Crippen molar-refractivity contribution < 1.29 is 34.2 Å². The Labute approximate surface area is 156 Å². The van der Waals surface area contributed by atoms with E-state index in [4.69, 9.17) is 16.6 Å². The molecule has 0 bridgehead atoms. The van der Waals surface area contributed by atoms with Gasteiger partial charge in [0.2, 0.25) is 23.6 Å². The van der Waals surface area contributed by atoms with Gasteiger partial charge < -0.3 is 37.6 Å². The molecule has 0 saturated carbocycles. The SMILES string of the molecule is CC(C)C(NC(=O)C(NC(=O)C(N)CC(N)=O)C(C)O)C(=O)NCC(=O)O. The van der Waals surface area contributed by atoms with Crippen molar-refractivity contribution in [3.05, 3.63) is 0 Å². The Morgan fingerprint density at radius 2 is 1.44 bits per heavy atom. The number of aliphatic hydroxyl groups excluding tert-OH is 1. The van der Waals surface area contributed by atoms with E-state index >= 15 is 0 Å². The molecule has 0 rings (SSSR count). The zero-order valence-electron chi connectivity index (χ0n) is 15.4. The number of nitrogens with one attached hydrogen (secondary N) is 3. The first-order valence-corrected chi connectivity index (χ1v) is 8.19. The average Bonchev–Trinajstić information content (AvgIpc) is 2.53. The topological polar surface area (TPSA) is 214 Å². The summed E-state index contributed by atoms with van der Waals surface area (Å²) in [6.07, 6.45) is -1.80. The number of nitrogens with two attached hydrogens (primary N) is 2. The van der Waals surface area contributed by atoms with E-state index in [0.29, 0.717) is 0 Å². The molecule has 154 valence electrons. The molecule has 4 unspecified atom stereocenters. The van der Waals surface area contributed by atoms with Gasteiger partial charge in [-0.25, -0.2) is 0 Å². The number of hydrogen-bond acceptors (Lipinski definition) is 7. The number of carboxylic acids is 1. The molecule has 0 fully saturated rings. The molecule has 0 aliphatic carbocycles. The number of amides is 4. The fourth-order valence-electron chi connectivity index (χ4n) is 2.03. The van der Waals surface area contributed by atoms with E-state index in [1.54, 1.807) is 13.8 Å². The van der Waals surface area contributed by atoms with Crippen molar-refractivity contribution in [2.75, 3.05) is 6.54 Å². The van der Waals surface area contributed by atoms with Crippen molar-refractivity contribution in [3.63, 3.8) is 0 Å². The average molecular weight is 389 g/mol. The van der Waals surface area contributed by atoms with Gasteiger partial charge in [0.15, 0.2) is 0 Å². The number of carbonyl (C=O) groups excluding carboxylic acids is 4. The summed E-state index contributed by atoms with van der Waals surface area (Å²) >= 11 is 0. The molecule has 12 nitrogen and oxygen atoms in total. The fraction of sp³-hybridized carbons (Fsp3) is 0.667. The molecule has 4 atom stereocenters. The lowest BCUT2D eigenvalue weighted by Crippen LogP contribution is -2.60. The summed E-state index contributed by atoms with van der Waals surface area (Å²) in [6, 6.07) is -3.87. The number of carbonyl (C=O) groups is 5. The van der Waals surface area contributed by atoms with Crippen molar-refractivity contribution in [2.45, 2.75) is 51.4 Å². The molecule has 0 spiro atoms. The maximum absolute atomic E-state index is 12.4. The van der Waals surface area contributed by atoms with Crippen LogP contribution in [0.1, 0.15) is 27.2 Å². The monoisotopic (exact) mass is 389 g/mol. The zero-order valence-corrected chi connectivity index (χ0v) is 15.4. The third kappa shape index (κ3) is 8.96. The van der Waals surface area contributed by atoms with Crippen molar-refractivity contribution >= 4 is 29.6 Å². The number of aliphatic hydroxyl groups is 1. The summed E-state index contributed by atoms with van der Waals surface area (Å²) in [5.74, 6) is -4.98. The van der Waals surface area contributed by atoms with Crippen LogP contribution in [0.15, 0.2) is 0 Å². The largest absolute Gasteiger partial charge is 0.480 e. The van der Waals surface area contributed by atoms with E-state index in [1.165, 1.54) is 6.92 Å². The Bertz CT molecular complexity index is 579. The van der Waals surface area contributed by atoms with E-state index in [1.807, 2.05) is 0 Å². The predicted molar refractivity (Wildman–Crippen MR) is 92.8 cm³/mol. The summed E-state index contributed by atoms with van der Waals surface area (Å²) in [6.45, 7) is 3.84. The minimum Gasteiger partial charge on any atom is -0.480 e. The van der Waals surface area contributed by atoms with Gasteiger partial charge in [-0.15, -0.1) is 0 Å². The Morgan fingerprint density at radius 3 is 1.85 bits per heavy atom. The van der Waals surface area contributed by atoms with E-state index < -0.39 is 72.7 Å². The summed E-state index contributed by atoms with van der Waals surface area (Å²) in [4.78, 5) is 57.8. The number of carboxylic acid groups (broad SMARTS) is 1. The van der Waals surface area contributed by atoms with E-state index in [2.05, 4.69) is 16.0 Å². The highest BCUT2D eigenvalue weighted by atomic mass is 16.4. The van der Waals surface area contributed by atoms with Gasteiger partial charge in [0, 0.05) is 0 Å². The first-order valence-electron chi connectivity index (χ1n) is 8.19. The second-order valence-corrected chi connectivity index (χ2v) is 6.35. The Kier molecular flexibility index (Phi) is 9.96. The Morgan fingerprint density at radius 1 is 0.926 bits per heavy atom. The van der Waals surface area contributed by atoms with Crippen molar-refractivity contribution in [1.29, 1.82) is 0 Å². The smallest absolute Gasteiger partial charge is 0.322 e. The third-order valence-corrected chi connectivity index (χ3v) is 3.48. The normalized spacial score (nSPS) is 15.2. The molecular formula is C15H27N5O7. The highest BCUT2D eigenvalue weighted by molar-refractivity contribution is 5.95. The number of hydrogen-bond donors (Lipinski definition) is 7. The fourth-order valence-corrected chi connectivity index (χ4v) is 2.03. The van der Waals surface area contributed by atoms with E-state index in [0.717, 1.165) is 0 Å². The van der Waals surface area contributed by atoms with Crippen LogP contribution in [0.2, 0.25) is 0 Å². The van der Waals surface area contributed by atoms with Gasteiger partial charge in [0.1, 0.15) is 18.6 Å². The highest BCUT2D eigenvalue weighted by Gasteiger charge is 2.32. The van der Waals surface area contributed by atoms with Crippen LogP contribution in [0.4, 0.5) is 0 Å². The lowest BCUT2D eigenvalue weighted by molar-refractivity contribution is -0.139. The van der Waals surface area contributed by atoms with Crippen molar-refractivity contribution in [2.24, 2.45) is 17.4 Å². The van der Waals surface area contributed by atoms with Gasteiger partial charge in [0.25, 0.3) is 0 Å². The lowest BCUT2D eigenvalue weighted by Gasteiger charge is -2.27. The van der Waals surface area contributed by atoms with Crippen LogP contribution in [0, 0.1) is 5.92 Å². The predicted octanol–water partition coefficient (Wildman–Crippen LogP) is -3.60. The molecule has 0 aliphatic heterocycles. The minimum absolute atomic E-state index is 0.412. The second-order valence-electron chi connectivity index (χ2n) is 6.35. The molecule has 0 saturated heterocycles. The van der Waals surface area contributed by atoms with Crippen LogP contribution in [0.5, 0.6) is 0 Å². The molecule has 12 heteroatoms. The van der Waals surface area contributed by atoms with Crippen molar-refractivity contribution in [1.82, 2.24) is 16.0 Å². The van der Waals surface area contributed by atoms with Gasteiger partial charge in [0.05, 0.1) is 18.6 Å². The number of primary amides is 1. The lowest BCUT2D eigenvalue weighted by atomic mass is 10.0. The van der Waals surface area contributed by atoms with Gasteiger partial charge in [-0.2, -0.15) is 0 Å². The molecule has 0 aliphatic rings. The first kappa shape index (κ1) is 24.3. The Balaban J connectivity index is 5.11.